The van der Waals surface area contributed by atoms with Gasteiger partial charge in [0.05, 0.1) is 5.56 Å². The summed E-state index contributed by atoms with van der Waals surface area (Å²) in [6, 6.07) is 52.1. The average molecular weight is 672 g/mol. The first-order valence-electron chi connectivity index (χ1n) is 16.9. The Labute approximate surface area is 295 Å². The van der Waals surface area contributed by atoms with Gasteiger partial charge >= 0.3 is 0 Å². The van der Waals surface area contributed by atoms with Gasteiger partial charge in [0.2, 0.25) is 0 Å². The predicted octanol–water partition coefficient (Wildman–Crippen LogP) is 12.7. The summed E-state index contributed by atoms with van der Waals surface area (Å²) in [5.41, 5.74) is 8.13. The molecule has 0 fully saturated rings. The van der Waals surface area contributed by atoms with E-state index in [1.165, 1.54) is 25.7 Å². The third kappa shape index (κ3) is 4.37. The smallest absolute Gasteiger partial charge is 0.167 e. The Kier molecular flexibility index (Phi) is 6.05. The normalized spacial score (nSPS) is 11.9. The molecule has 0 spiro atoms. The van der Waals surface area contributed by atoms with Gasteiger partial charge in [-0.15, -0.1) is 11.3 Å². The van der Waals surface area contributed by atoms with Crippen LogP contribution in [0.15, 0.2) is 160 Å². The minimum absolute atomic E-state index is 0.548. The molecule has 0 saturated heterocycles. The van der Waals surface area contributed by atoms with Gasteiger partial charge in [0.25, 0.3) is 0 Å². The molecule has 5 nitrogen and oxygen atoms in total. The fourth-order valence-electron chi connectivity index (χ4n) is 7.41. The van der Waals surface area contributed by atoms with Crippen molar-refractivity contribution in [1.82, 2.24) is 15.0 Å². The molecule has 0 amide bonds. The zero-order valence-corrected chi connectivity index (χ0v) is 27.8. The number of rotatable bonds is 4. The molecule has 238 valence electrons. The van der Waals surface area contributed by atoms with E-state index in [4.69, 9.17) is 23.8 Å². The van der Waals surface area contributed by atoms with Crippen LogP contribution in [0.2, 0.25) is 0 Å². The average Bonchev–Trinajstić information content (AvgIpc) is 3.89. The Morgan fingerprint density at radius 2 is 1.06 bits per heavy atom. The molecule has 0 aliphatic heterocycles. The highest BCUT2D eigenvalue weighted by molar-refractivity contribution is 7.26. The van der Waals surface area contributed by atoms with E-state index in [9.17, 15) is 0 Å². The SMILES string of the molecule is c1ccc(-c2nc(-c3ccc4c(c3)oc3cccc(-c5cccc6c5sc5ccccc56)c34)nc(-c3cccc4c3oc3ccccc34)n2)cc1. The van der Waals surface area contributed by atoms with Crippen molar-refractivity contribution in [1.29, 1.82) is 0 Å². The van der Waals surface area contributed by atoms with E-state index in [-0.39, 0.29) is 0 Å². The molecule has 4 aromatic heterocycles. The molecule has 0 radical (unpaired) electrons. The molecule has 0 unspecified atom stereocenters. The molecular formula is C45H25N3O2S. The molecule has 7 aromatic carbocycles. The molecule has 0 atom stereocenters. The van der Waals surface area contributed by atoms with E-state index < -0.39 is 0 Å². The second-order valence-electron chi connectivity index (χ2n) is 12.7. The van der Waals surface area contributed by atoms with Gasteiger partial charge in [-0.05, 0) is 42.0 Å². The first-order chi connectivity index (χ1) is 25.3. The molecule has 0 aliphatic carbocycles. The van der Waals surface area contributed by atoms with Crippen LogP contribution < -0.4 is 0 Å². The van der Waals surface area contributed by atoms with Gasteiger partial charge in [-0.2, -0.15) is 0 Å². The first-order valence-corrected chi connectivity index (χ1v) is 17.7. The summed E-state index contributed by atoms with van der Waals surface area (Å²) in [6.45, 7) is 0. The predicted molar refractivity (Wildman–Crippen MR) is 209 cm³/mol. The van der Waals surface area contributed by atoms with Gasteiger partial charge in [-0.25, -0.2) is 15.0 Å². The summed E-state index contributed by atoms with van der Waals surface area (Å²) < 4.78 is 15.6. The fourth-order valence-corrected chi connectivity index (χ4v) is 8.64. The van der Waals surface area contributed by atoms with E-state index in [1.54, 1.807) is 0 Å². The second-order valence-corrected chi connectivity index (χ2v) is 13.8. The third-order valence-electron chi connectivity index (χ3n) is 9.76. The Bertz CT molecular complexity index is 3160. The molecule has 0 saturated carbocycles. The van der Waals surface area contributed by atoms with Crippen LogP contribution in [0.25, 0.3) is 109 Å². The van der Waals surface area contributed by atoms with Crippen LogP contribution in [0, 0.1) is 0 Å². The maximum atomic E-state index is 6.59. The summed E-state index contributed by atoms with van der Waals surface area (Å²) in [7, 11) is 0. The number of furan rings is 2. The van der Waals surface area contributed by atoms with Gasteiger partial charge in [0, 0.05) is 58.4 Å². The molecule has 4 heterocycles. The van der Waals surface area contributed by atoms with Gasteiger partial charge in [-0.1, -0.05) is 115 Å². The summed E-state index contributed by atoms with van der Waals surface area (Å²) in [4.78, 5) is 15.1. The Hall–Kier alpha value is -6.63. The Balaban J connectivity index is 1.10. The number of hydrogen-bond donors (Lipinski definition) is 0. The van der Waals surface area contributed by atoms with Crippen molar-refractivity contribution in [3.63, 3.8) is 0 Å². The van der Waals surface area contributed by atoms with Gasteiger partial charge in [0.1, 0.15) is 22.3 Å². The van der Waals surface area contributed by atoms with Crippen molar-refractivity contribution in [2.24, 2.45) is 0 Å². The van der Waals surface area contributed by atoms with E-state index in [0.29, 0.717) is 17.5 Å². The van der Waals surface area contributed by atoms with Crippen LogP contribution >= 0.6 is 11.3 Å². The van der Waals surface area contributed by atoms with Crippen LogP contribution in [0.3, 0.4) is 0 Å². The minimum atomic E-state index is 0.548. The number of para-hydroxylation sites is 2. The number of hydrogen-bond acceptors (Lipinski definition) is 6. The number of fused-ring (bicyclic) bond motifs is 9. The summed E-state index contributed by atoms with van der Waals surface area (Å²) in [5, 5.41) is 6.80. The quantitative estimate of drug-likeness (QED) is 0.186. The van der Waals surface area contributed by atoms with Crippen molar-refractivity contribution < 1.29 is 8.83 Å². The zero-order chi connectivity index (χ0) is 33.5. The van der Waals surface area contributed by atoms with E-state index in [1.807, 2.05) is 78.1 Å². The number of thiophene rings is 1. The highest BCUT2D eigenvalue weighted by Crippen LogP contribution is 2.44. The van der Waals surface area contributed by atoms with Gasteiger partial charge in [-0.3, -0.25) is 0 Å². The minimum Gasteiger partial charge on any atom is -0.456 e. The largest absolute Gasteiger partial charge is 0.456 e. The molecule has 0 bridgehead atoms. The lowest BCUT2D eigenvalue weighted by Crippen LogP contribution is -2.00. The fraction of sp³-hybridized carbons (Fsp3) is 0. The number of benzene rings is 7. The number of aromatic nitrogens is 3. The van der Waals surface area contributed by atoms with E-state index in [0.717, 1.165) is 66.1 Å². The van der Waals surface area contributed by atoms with Crippen molar-refractivity contribution in [3.05, 3.63) is 152 Å². The second kappa shape index (κ2) is 10.9. The lowest BCUT2D eigenvalue weighted by Gasteiger charge is -2.09. The Morgan fingerprint density at radius 3 is 1.96 bits per heavy atom. The highest BCUT2D eigenvalue weighted by Gasteiger charge is 2.20. The molecule has 51 heavy (non-hydrogen) atoms. The maximum absolute atomic E-state index is 6.59. The molecule has 0 N–H and O–H groups in total. The monoisotopic (exact) mass is 671 g/mol. The Morgan fingerprint density at radius 1 is 0.392 bits per heavy atom. The maximum Gasteiger partial charge on any atom is 0.167 e. The van der Waals surface area contributed by atoms with Crippen LogP contribution in [-0.4, -0.2) is 15.0 Å². The van der Waals surface area contributed by atoms with Gasteiger partial charge in [0.15, 0.2) is 17.5 Å². The molecule has 11 rings (SSSR count). The summed E-state index contributed by atoms with van der Waals surface area (Å²) in [6.07, 6.45) is 0. The molecule has 6 heteroatoms. The molecule has 0 aliphatic rings. The summed E-state index contributed by atoms with van der Waals surface area (Å²) in [5.74, 6) is 1.70. The molecule has 11 aromatic rings. The highest BCUT2D eigenvalue weighted by atomic mass is 32.1. The van der Waals surface area contributed by atoms with E-state index >= 15 is 0 Å². The van der Waals surface area contributed by atoms with Crippen LogP contribution in [0.5, 0.6) is 0 Å². The van der Waals surface area contributed by atoms with Crippen LogP contribution in [-0.2, 0) is 0 Å². The number of nitrogens with zero attached hydrogens (tertiary/aromatic N) is 3. The lowest BCUT2D eigenvalue weighted by molar-refractivity contribution is 0.668. The first kappa shape index (κ1) is 28.2. The summed E-state index contributed by atoms with van der Waals surface area (Å²) >= 11 is 1.84. The van der Waals surface area contributed by atoms with Crippen molar-refractivity contribution in [3.8, 4) is 45.3 Å². The van der Waals surface area contributed by atoms with Gasteiger partial charge < -0.3 is 8.83 Å². The van der Waals surface area contributed by atoms with Crippen molar-refractivity contribution >= 4 is 75.4 Å². The van der Waals surface area contributed by atoms with Crippen LogP contribution in [0.1, 0.15) is 0 Å². The molecular weight excluding hydrogens is 647 g/mol. The standard InChI is InChI=1S/C45H25N3O2S/c1-2-11-26(12-3-1)43-46-44(48-45(47-43)35-19-8-16-31-28-13-4-6-20-36(28)50-41(31)35)27-23-24-34-38(25-27)49-37-21-10-15-30(40(34)37)33-18-9-17-32-29-14-5-7-22-39(29)51-42(32)33/h1-25H. The van der Waals surface area contributed by atoms with E-state index in [2.05, 4.69) is 84.9 Å². The van der Waals surface area contributed by atoms with Crippen molar-refractivity contribution in [2.75, 3.05) is 0 Å². The zero-order valence-electron chi connectivity index (χ0n) is 27.0. The lowest BCUT2D eigenvalue weighted by atomic mass is 9.97. The van der Waals surface area contributed by atoms with Crippen LogP contribution in [0.4, 0.5) is 0 Å². The van der Waals surface area contributed by atoms with Crippen molar-refractivity contribution in [2.45, 2.75) is 0 Å². The topological polar surface area (TPSA) is 65.0 Å². The third-order valence-corrected chi connectivity index (χ3v) is 11.0.